The number of para-hydroxylation sites is 1. The Morgan fingerprint density at radius 2 is 2.00 bits per heavy atom. The Bertz CT molecular complexity index is 655. The molecule has 1 atom stereocenters. The summed E-state index contributed by atoms with van der Waals surface area (Å²) in [6, 6.07) is 7.30. The number of amides is 3. The molecule has 1 aliphatic heterocycles. The van der Waals surface area contributed by atoms with E-state index in [0.29, 0.717) is 24.4 Å². The average Bonchev–Trinajstić information content (AvgIpc) is 2.51. The van der Waals surface area contributed by atoms with Gasteiger partial charge in [0.2, 0.25) is 0 Å². The molecular formula is C18H25N3O3. The van der Waals surface area contributed by atoms with Crippen molar-refractivity contribution in [3.63, 3.8) is 0 Å². The summed E-state index contributed by atoms with van der Waals surface area (Å²) in [5, 5.41) is 5.36. The van der Waals surface area contributed by atoms with Gasteiger partial charge < -0.3 is 20.3 Å². The second-order valence-corrected chi connectivity index (χ2v) is 6.05. The highest BCUT2D eigenvalue weighted by molar-refractivity contribution is 5.98. The van der Waals surface area contributed by atoms with Gasteiger partial charge in [0.1, 0.15) is 5.75 Å². The topological polar surface area (TPSA) is 70.7 Å². The molecule has 1 aliphatic rings. The molecule has 2 rings (SSSR count). The summed E-state index contributed by atoms with van der Waals surface area (Å²) in [6.45, 7) is 6.70. The summed E-state index contributed by atoms with van der Waals surface area (Å²) in [4.78, 5) is 25.6. The zero-order chi connectivity index (χ0) is 17.7. The number of urea groups is 1. The van der Waals surface area contributed by atoms with Gasteiger partial charge in [-0.05, 0) is 38.8 Å². The largest absolute Gasteiger partial charge is 0.493 e. The van der Waals surface area contributed by atoms with Crippen molar-refractivity contribution in [3.05, 3.63) is 41.1 Å². The molecule has 2 N–H and O–H groups in total. The minimum atomic E-state index is -0.295. The van der Waals surface area contributed by atoms with Crippen LogP contribution in [-0.2, 0) is 4.79 Å². The molecule has 1 heterocycles. The van der Waals surface area contributed by atoms with E-state index in [-0.39, 0.29) is 18.0 Å². The lowest BCUT2D eigenvalue weighted by atomic mass is 10.0. The molecule has 6 heteroatoms. The summed E-state index contributed by atoms with van der Waals surface area (Å²) in [6.07, 6.45) is 0.733. The van der Waals surface area contributed by atoms with Crippen LogP contribution in [0.2, 0.25) is 0 Å². The number of nitrogens with one attached hydrogen (secondary N) is 2. The molecule has 0 radical (unpaired) electrons. The van der Waals surface area contributed by atoms with Gasteiger partial charge in [-0.1, -0.05) is 18.2 Å². The van der Waals surface area contributed by atoms with Crippen molar-refractivity contribution in [2.75, 3.05) is 20.2 Å². The highest BCUT2D eigenvalue weighted by atomic mass is 16.5. The number of hydrogen-bond donors (Lipinski definition) is 2. The van der Waals surface area contributed by atoms with Crippen LogP contribution in [0, 0.1) is 6.92 Å². The van der Waals surface area contributed by atoms with Crippen LogP contribution in [0.1, 0.15) is 25.8 Å². The Kier molecular flexibility index (Phi) is 5.84. The van der Waals surface area contributed by atoms with E-state index in [1.165, 1.54) is 0 Å². The quantitative estimate of drug-likeness (QED) is 0.785. The van der Waals surface area contributed by atoms with Crippen molar-refractivity contribution in [1.82, 2.24) is 15.5 Å². The fraction of sp³-hybridized carbons (Fsp3) is 0.444. The van der Waals surface area contributed by atoms with Gasteiger partial charge >= 0.3 is 6.03 Å². The minimum absolute atomic E-state index is 0.0802. The Morgan fingerprint density at radius 1 is 1.29 bits per heavy atom. The molecule has 6 nitrogen and oxygen atoms in total. The third-order valence-corrected chi connectivity index (χ3v) is 4.05. The first-order chi connectivity index (χ1) is 11.4. The van der Waals surface area contributed by atoms with Crippen LogP contribution in [0.3, 0.4) is 0 Å². The van der Waals surface area contributed by atoms with Crippen molar-refractivity contribution in [2.24, 2.45) is 0 Å². The summed E-state index contributed by atoms with van der Waals surface area (Å²) < 4.78 is 5.75. The van der Waals surface area contributed by atoms with Crippen LogP contribution in [0.5, 0.6) is 5.75 Å². The Hall–Kier alpha value is -2.50. The third kappa shape index (κ3) is 4.28. The molecular weight excluding hydrogens is 306 g/mol. The van der Waals surface area contributed by atoms with Crippen molar-refractivity contribution < 1.29 is 14.3 Å². The highest BCUT2D eigenvalue weighted by Crippen LogP contribution is 2.17. The van der Waals surface area contributed by atoms with E-state index < -0.39 is 0 Å². The van der Waals surface area contributed by atoms with Crippen LogP contribution in [0.25, 0.3) is 0 Å². The lowest BCUT2D eigenvalue weighted by molar-refractivity contribution is -0.126. The smallest absolute Gasteiger partial charge is 0.319 e. The summed E-state index contributed by atoms with van der Waals surface area (Å²) >= 11 is 0. The van der Waals surface area contributed by atoms with Crippen molar-refractivity contribution in [2.45, 2.75) is 33.2 Å². The molecule has 1 unspecified atom stereocenters. The maximum atomic E-state index is 12.6. The number of carbonyl (C=O) groups excluding carboxylic acids is 2. The van der Waals surface area contributed by atoms with E-state index >= 15 is 0 Å². The molecule has 0 aromatic heterocycles. The number of benzene rings is 1. The van der Waals surface area contributed by atoms with Gasteiger partial charge in [0, 0.05) is 19.3 Å². The first-order valence-electron chi connectivity index (χ1n) is 8.12. The predicted octanol–water partition coefficient (Wildman–Crippen LogP) is 2.20. The first-order valence-corrected chi connectivity index (χ1v) is 8.12. The van der Waals surface area contributed by atoms with Crippen LogP contribution < -0.4 is 15.4 Å². The number of nitrogens with zero attached hydrogens (tertiary/aromatic N) is 1. The van der Waals surface area contributed by atoms with Gasteiger partial charge in [-0.2, -0.15) is 0 Å². The second kappa shape index (κ2) is 7.86. The molecule has 0 fully saturated rings. The maximum Gasteiger partial charge on any atom is 0.319 e. The minimum Gasteiger partial charge on any atom is -0.493 e. The predicted molar refractivity (Wildman–Crippen MR) is 92.8 cm³/mol. The lowest BCUT2D eigenvalue weighted by Gasteiger charge is -2.28. The van der Waals surface area contributed by atoms with E-state index in [1.54, 1.807) is 18.9 Å². The number of aryl methyl sites for hydroxylation is 1. The molecule has 1 aromatic rings. The third-order valence-electron chi connectivity index (χ3n) is 4.05. The van der Waals surface area contributed by atoms with E-state index in [4.69, 9.17) is 4.74 Å². The first kappa shape index (κ1) is 17.8. The highest BCUT2D eigenvalue weighted by Gasteiger charge is 2.28. The van der Waals surface area contributed by atoms with Crippen molar-refractivity contribution in [1.29, 1.82) is 0 Å². The Morgan fingerprint density at radius 3 is 2.67 bits per heavy atom. The molecule has 0 aliphatic carbocycles. The summed E-state index contributed by atoms with van der Waals surface area (Å²) in [5.74, 6) is 0.793. The SMILES string of the molecule is CC1=C(C(=O)N(C)CCCOc2ccccc2C)C(C)NC(=O)N1. The fourth-order valence-electron chi connectivity index (χ4n) is 2.72. The van der Waals surface area contributed by atoms with Gasteiger partial charge in [0.15, 0.2) is 0 Å². The monoisotopic (exact) mass is 331 g/mol. The summed E-state index contributed by atoms with van der Waals surface area (Å²) in [7, 11) is 1.76. The molecule has 1 aromatic carbocycles. The van der Waals surface area contributed by atoms with Crippen LogP contribution in [0.15, 0.2) is 35.5 Å². The Labute approximate surface area is 142 Å². The molecule has 0 saturated heterocycles. The van der Waals surface area contributed by atoms with Gasteiger partial charge in [0.05, 0.1) is 18.2 Å². The normalized spacial score (nSPS) is 17.2. The number of ether oxygens (including phenoxy) is 1. The van der Waals surface area contributed by atoms with E-state index in [0.717, 1.165) is 17.7 Å². The number of carbonyl (C=O) groups is 2. The zero-order valence-corrected chi connectivity index (χ0v) is 14.7. The van der Waals surface area contributed by atoms with E-state index in [2.05, 4.69) is 10.6 Å². The number of hydrogen-bond acceptors (Lipinski definition) is 3. The average molecular weight is 331 g/mol. The molecule has 3 amide bonds. The van der Waals surface area contributed by atoms with Crippen molar-refractivity contribution >= 4 is 11.9 Å². The lowest BCUT2D eigenvalue weighted by Crippen LogP contribution is -2.50. The van der Waals surface area contributed by atoms with E-state index in [1.807, 2.05) is 38.1 Å². The van der Waals surface area contributed by atoms with Crippen molar-refractivity contribution in [3.8, 4) is 5.75 Å². The molecule has 0 saturated carbocycles. The van der Waals surface area contributed by atoms with Gasteiger partial charge in [-0.15, -0.1) is 0 Å². The van der Waals surface area contributed by atoms with E-state index in [9.17, 15) is 9.59 Å². The van der Waals surface area contributed by atoms with Crippen LogP contribution in [-0.4, -0.2) is 43.1 Å². The maximum absolute atomic E-state index is 12.6. The van der Waals surface area contributed by atoms with Crippen LogP contribution in [0.4, 0.5) is 4.79 Å². The number of likely N-dealkylation sites (N-methyl/N-ethyl adjacent to an activating group) is 1. The van der Waals surface area contributed by atoms with Gasteiger partial charge in [0.25, 0.3) is 5.91 Å². The zero-order valence-electron chi connectivity index (χ0n) is 14.7. The summed E-state index contributed by atoms with van der Waals surface area (Å²) in [5.41, 5.74) is 2.30. The van der Waals surface area contributed by atoms with Gasteiger partial charge in [-0.3, -0.25) is 4.79 Å². The number of rotatable bonds is 6. The molecule has 130 valence electrons. The molecule has 0 spiro atoms. The second-order valence-electron chi connectivity index (χ2n) is 6.05. The number of allylic oxidation sites excluding steroid dienone is 1. The molecule has 24 heavy (non-hydrogen) atoms. The molecule has 0 bridgehead atoms. The fourth-order valence-corrected chi connectivity index (χ4v) is 2.72. The van der Waals surface area contributed by atoms with Gasteiger partial charge in [-0.25, -0.2) is 4.79 Å². The standard InChI is InChI=1S/C18H25N3O3/c1-12-8-5-6-9-15(12)24-11-7-10-21(4)17(22)16-13(2)19-18(23)20-14(16)3/h5-6,8-9,13H,7,10-11H2,1-4H3,(H2,19,20,23). The Balaban J connectivity index is 1.85. The van der Waals surface area contributed by atoms with Crippen LogP contribution >= 0.6 is 0 Å².